The van der Waals surface area contributed by atoms with Crippen molar-refractivity contribution in [3.05, 3.63) is 53.2 Å². The molecule has 0 spiro atoms. The van der Waals surface area contributed by atoms with E-state index in [1.165, 1.54) is 0 Å². The summed E-state index contributed by atoms with van der Waals surface area (Å²) in [5.74, 6) is 0.226. The Kier molecular flexibility index (Phi) is 5.19. The molecule has 0 saturated heterocycles. The van der Waals surface area contributed by atoms with Gasteiger partial charge in [-0.3, -0.25) is 0 Å². The highest BCUT2D eigenvalue weighted by Gasteiger charge is 2.21. The number of H-pyrrole nitrogens is 2. The minimum atomic E-state index is -0.396. The molecule has 4 N–H and O–H groups in total. The number of aromatic nitrogens is 3. The fourth-order valence-corrected chi connectivity index (χ4v) is 3.04. The van der Waals surface area contributed by atoms with Crippen LogP contribution in [0.4, 0.5) is 0 Å². The number of fused-ring (bicyclic) bond motifs is 1. The number of carbonyl (C=O) groups is 1. The van der Waals surface area contributed by atoms with E-state index < -0.39 is 5.97 Å². The Hall–Kier alpha value is -2.60. The van der Waals surface area contributed by atoms with Gasteiger partial charge in [0, 0.05) is 22.8 Å². The molecule has 0 radical (unpaired) electrons. The molecule has 25 heavy (non-hydrogen) atoms. The fourth-order valence-electron chi connectivity index (χ4n) is 3.04. The van der Waals surface area contributed by atoms with Crippen LogP contribution in [0.1, 0.15) is 53.9 Å². The Bertz CT molecular complexity index is 865. The molecule has 1 aromatic carbocycles. The lowest BCUT2D eigenvalue weighted by Crippen LogP contribution is -2.15. The number of esters is 1. The highest BCUT2D eigenvalue weighted by molar-refractivity contribution is 5.88. The molecule has 0 aliphatic rings. The second kappa shape index (κ2) is 7.53. The summed E-state index contributed by atoms with van der Waals surface area (Å²) in [7, 11) is 0. The van der Waals surface area contributed by atoms with E-state index in [2.05, 4.69) is 27.9 Å². The number of hydrogen-bond donors (Lipinski definition) is 3. The summed E-state index contributed by atoms with van der Waals surface area (Å²) in [5.41, 5.74) is 9.74. The van der Waals surface area contributed by atoms with Gasteiger partial charge in [0.15, 0.2) is 5.69 Å². The number of nitrogens with one attached hydrogen (secondary N) is 2. The van der Waals surface area contributed by atoms with Gasteiger partial charge in [-0.1, -0.05) is 31.5 Å². The van der Waals surface area contributed by atoms with Crippen LogP contribution < -0.4 is 5.73 Å². The maximum absolute atomic E-state index is 12.1. The highest BCUT2D eigenvalue weighted by Crippen LogP contribution is 2.23. The lowest BCUT2D eigenvalue weighted by molar-refractivity contribution is 0.0518. The van der Waals surface area contributed by atoms with Crippen LogP contribution in [-0.2, 0) is 17.6 Å². The normalized spacial score (nSPS) is 12.4. The van der Waals surface area contributed by atoms with Crippen molar-refractivity contribution in [2.75, 3.05) is 6.61 Å². The van der Waals surface area contributed by atoms with Crippen molar-refractivity contribution in [3.8, 4) is 0 Å². The van der Waals surface area contributed by atoms with Crippen LogP contribution in [0.25, 0.3) is 10.9 Å². The van der Waals surface area contributed by atoms with Crippen molar-refractivity contribution in [1.29, 1.82) is 0 Å². The molecule has 0 unspecified atom stereocenters. The van der Waals surface area contributed by atoms with E-state index in [9.17, 15) is 4.79 Å². The van der Waals surface area contributed by atoms with Crippen LogP contribution in [0.3, 0.4) is 0 Å². The summed E-state index contributed by atoms with van der Waals surface area (Å²) in [6.07, 6.45) is 4.25. The maximum Gasteiger partial charge on any atom is 0.358 e. The first kappa shape index (κ1) is 17.2. The number of rotatable bonds is 7. The number of imidazole rings is 1. The molecule has 3 rings (SSSR count). The Morgan fingerprint density at radius 1 is 1.32 bits per heavy atom. The second-order valence-electron chi connectivity index (χ2n) is 6.09. The van der Waals surface area contributed by atoms with E-state index in [4.69, 9.17) is 10.5 Å². The van der Waals surface area contributed by atoms with Gasteiger partial charge in [0.05, 0.1) is 12.6 Å². The predicted octanol–water partition coefficient (Wildman–Crippen LogP) is 3.26. The van der Waals surface area contributed by atoms with Gasteiger partial charge < -0.3 is 20.4 Å². The third-order valence-corrected chi connectivity index (χ3v) is 4.23. The molecule has 2 heterocycles. The van der Waals surface area contributed by atoms with E-state index in [0.717, 1.165) is 35.0 Å². The number of hydrogen-bond acceptors (Lipinski definition) is 4. The van der Waals surface area contributed by atoms with Crippen LogP contribution in [-0.4, -0.2) is 27.5 Å². The average Bonchev–Trinajstić information content (AvgIpc) is 3.20. The number of ether oxygens (including phenoxy) is 1. The standard InChI is InChI=1S/C19H24N4O2/c1-3-7-16-17(19(24)25-4-2)23-18(22-16)14(20)10-12-11-21-15-9-6-5-8-13(12)15/h5-6,8-9,11,14,21H,3-4,7,10,20H2,1-2H3,(H,22,23)/t14-/m1/s1. The average molecular weight is 340 g/mol. The SMILES string of the molecule is CCCc1[nH]c([C@H](N)Cc2c[nH]c3ccccc23)nc1C(=O)OCC. The van der Waals surface area contributed by atoms with Gasteiger partial charge in [-0.2, -0.15) is 0 Å². The second-order valence-corrected chi connectivity index (χ2v) is 6.09. The predicted molar refractivity (Wildman–Crippen MR) is 97.5 cm³/mol. The van der Waals surface area contributed by atoms with Crippen LogP contribution in [0.5, 0.6) is 0 Å². The quantitative estimate of drug-likeness (QED) is 0.575. The summed E-state index contributed by atoms with van der Waals surface area (Å²) in [6.45, 7) is 4.17. The maximum atomic E-state index is 12.1. The van der Waals surface area contributed by atoms with Crippen LogP contribution in [0.15, 0.2) is 30.5 Å². The van der Waals surface area contributed by atoms with Crippen molar-refractivity contribution in [3.63, 3.8) is 0 Å². The molecule has 0 aliphatic heterocycles. The van der Waals surface area contributed by atoms with Gasteiger partial charge in [-0.15, -0.1) is 0 Å². The summed E-state index contributed by atoms with van der Waals surface area (Å²) in [6, 6.07) is 7.80. The zero-order valence-corrected chi connectivity index (χ0v) is 14.6. The van der Waals surface area contributed by atoms with E-state index in [-0.39, 0.29) is 6.04 Å². The highest BCUT2D eigenvalue weighted by atomic mass is 16.5. The third kappa shape index (κ3) is 3.58. The van der Waals surface area contributed by atoms with Gasteiger partial charge >= 0.3 is 5.97 Å². The topological polar surface area (TPSA) is 96.8 Å². The minimum Gasteiger partial charge on any atom is -0.461 e. The van der Waals surface area contributed by atoms with E-state index in [1.807, 2.05) is 24.4 Å². The number of nitrogens with zero attached hydrogens (tertiary/aromatic N) is 1. The first-order chi connectivity index (χ1) is 12.1. The minimum absolute atomic E-state index is 0.321. The first-order valence-corrected chi connectivity index (χ1v) is 8.70. The molecule has 132 valence electrons. The number of aromatic amines is 2. The fraction of sp³-hybridized carbons (Fsp3) is 0.368. The number of carbonyl (C=O) groups excluding carboxylic acids is 1. The smallest absolute Gasteiger partial charge is 0.358 e. The molecular formula is C19H24N4O2. The van der Waals surface area contributed by atoms with Gasteiger partial charge in [0.25, 0.3) is 0 Å². The molecule has 0 bridgehead atoms. The zero-order valence-electron chi connectivity index (χ0n) is 14.6. The number of aryl methyl sites for hydroxylation is 1. The molecule has 0 aliphatic carbocycles. The molecule has 0 fully saturated rings. The largest absolute Gasteiger partial charge is 0.461 e. The van der Waals surface area contributed by atoms with E-state index in [0.29, 0.717) is 24.5 Å². The molecule has 0 saturated carbocycles. The van der Waals surface area contributed by atoms with Crippen molar-refractivity contribution in [1.82, 2.24) is 15.0 Å². The number of benzene rings is 1. The molecule has 6 nitrogen and oxygen atoms in total. The molecule has 3 aromatic rings. The van der Waals surface area contributed by atoms with Crippen molar-refractivity contribution < 1.29 is 9.53 Å². The van der Waals surface area contributed by atoms with Gasteiger partial charge in [-0.05, 0) is 31.4 Å². The van der Waals surface area contributed by atoms with Crippen molar-refractivity contribution in [2.45, 2.75) is 39.2 Å². The van der Waals surface area contributed by atoms with Crippen molar-refractivity contribution in [2.24, 2.45) is 5.73 Å². The monoisotopic (exact) mass is 340 g/mol. The lowest BCUT2D eigenvalue weighted by atomic mass is 10.1. The van der Waals surface area contributed by atoms with Gasteiger partial charge in [0.1, 0.15) is 5.82 Å². The molecule has 0 amide bonds. The van der Waals surface area contributed by atoms with Crippen LogP contribution in [0.2, 0.25) is 0 Å². The zero-order chi connectivity index (χ0) is 17.8. The Morgan fingerprint density at radius 3 is 2.88 bits per heavy atom. The summed E-state index contributed by atoms with van der Waals surface area (Å²) >= 11 is 0. The molecular weight excluding hydrogens is 316 g/mol. The van der Waals surface area contributed by atoms with Crippen molar-refractivity contribution >= 4 is 16.9 Å². The van der Waals surface area contributed by atoms with Crippen LogP contribution >= 0.6 is 0 Å². The lowest BCUT2D eigenvalue weighted by Gasteiger charge is -2.08. The molecule has 1 atom stereocenters. The first-order valence-electron chi connectivity index (χ1n) is 8.70. The Balaban J connectivity index is 1.85. The van der Waals surface area contributed by atoms with E-state index in [1.54, 1.807) is 6.92 Å². The number of nitrogens with two attached hydrogens (primary N) is 1. The molecule has 2 aromatic heterocycles. The Morgan fingerprint density at radius 2 is 2.12 bits per heavy atom. The summed E-state index contributed by atoms with van der Waals surface area (Å²) in [4.78, 5) is 23.1. The summed E-state index contributed by atoms with van der Waals surface area (Å²) in [5, 5.41) is 1.16. The Labute approximate surface area is 146 Å². The van der Waals surface area contributed by atoms with Gasteiger partial charge in [0.2, 0.25) is 0 Å². The van der Waals surface area contributed by atoms with E-state index >= 15 is 0 Å². The molecule has 6 heteroatoms. The summed E-state index contributed by atoms with van der Waals surface area (Å²) < 4.78 is 5.10. The van der Waals surface area contributed by atoms with Gasteiger partial charge in [-0.25, -0.2) is 9.78 Å². The third-order valence-electron chi connectivity index (χ3n) is 4.23. The number of para-hydroxylation sites is 1. The van der Waals surface area contributed by atoms with Crippen LogP contribution in [0, 0.1) is 0 Å².